The van der Waals surface area contributed by atoms with Crippen molar-refractivity contribution in [3.63, 3.8) is 0 Å². The highest BCUT2D eigenvalue weighted by molar-refractivity contribution is 5.74. The average molecular weight is 307 g/mol. The molecule has 2 aromatic rings. The van der Waals surface area contributed by atoms with Gasteiger partial charge in [-0.2, -0.15) is 0 Å². The minimum absolute atomic E-state index is 0.0920. The number of hydrogen-bond donors (Lipinski definition) is 2. The zero-order chi connectivity index (χ0) is 16.1. The lowest BCUT2D eigenvalue weighted by molar-refractivity contribution is -0.120. The summed E-state index contributed by atoms with van der Waals surface area (Å²) in [6, 6.07) is 11.1. The lowest BCUT2D eigenvalue weighted by Crippen LogP contribution is -2.17. The Labute approximate surface area is 126 Å². The third-order valence-electron chi connectivity index (χ3n) is 3.06. The van der Waals surface area contributed by atoms with E-state index >= 15 is 0 Å². The summed E-state index contributed by atoms with van der Waals surface area (Å²) in [6.07, 6.45) is -2.23. The maximum Gasteiger partial charge on any atom is 0.220 e. The van der Waals surface area contributed by atoms with Crippen molar-refractivity contribution >= 4 is 5.91 Å². The molecule has 0 spiro atoms. The van der Waals surface area contributed by atoms with E-state index in [0.717, 1.165) is 17.7 Å². The molecule has 2 aromatic carbocycles. The molecule has 0 aliphatic carbocycles. The largest absolute Gasteiger partial charge is 0.486 e. The van der Waals surface area contributed by atoms with Crippen LogP contribution < -0.4 is 10.5 Å². The molecule has 0 heterocycles. The van der Waals surface area contributed by atoms with Crippen LogP contribution in [0.1, 0.15) is 23.7 Å². The summed E-state index contributed by atoms with van der Waals surface area (Å²) in [6.45, 7) is 0.0920. The van der Waals surface area contributed by atoms with E-state index in [2.05, 4.69) is 0 Å². The molecule has 0 bridgehead atoms. The van der Waals surface area contributed by atoms with Gasteiger partial charge in [0.25, 0.3) is 0 Å². The van der Waals surface area contributed by atoms with Gasteiger partial charge >= 0.3 is 0 Å². The summed E-state index contributed by atoms with van der Waals surface area (Å²) in [4.78, 5) is 10.8. The van der Waals surface area contributed by atoms with E-state index in [1.807, 2.05) is 18.2 Å². The van der Waals surface area contributed by atoms with Gasteiger partial charge in [0.1, 0.15) is 12.4 Å². The lowest BCUT2D eigenvalue weighted by Gasteiger charge is -2.14. The third kappa shape index (κ3) is 3.79. The molecule has 0 aromatic heterocycles. The van der Waals surface area contributed by atoms with E-state index in [-0.39, 0.29) is 12.4 Å². The van der Waals surface area contributed by atoms with Gasteiger partial charge in [0, 0.05) is 0 Å². The number of hydrogen-bond acceptors (Lipinski definition) is 3. The van der Waals surface area contributed by atoms with Crippen molar-refractivity contribution in [2.45, 2.75) is 19.1 Å². The summed E-state index contributed by atoms with van der Waals surface area (Å²) >= 11 is 0. The maximum absolute atomic E-state index is 14.3. The fourth-order valence-corrected chi connectivity index (χ4v) is 1.99. The van der Waals surface area contributed by atoms with Gasteiger partial charge < -0.3 is 15.6 Å². The zero-order valence-corrected chi connectivity index (χ0v) is 11.6. The minimum atomic E-state index is -1.65. The second kappa shape index (κ2) is 7.00. The van der Waals surface area contributed by atoms with Crippen LogP contribution in [-0.2, 0) is 11.4 Å². The second-order valence-corrected chi connectivity index (χ2v) is 4.73. The normalized spacial score (nSPS) is 12.0. The van der Waals surface area contributed by atoms with E-state index in [4.69, 9.17) is 10.5 Å². The van der Waals surface area contributed by atoms with Crippen LogP contribution in [0.15, 0.2) is 42.5 Å². The fraction of sp³-hybridized carbons (Fsp3) is 0.188. The van der Waals surface area contributed by atoms with Crippen molar-refractivity contribution in [1.82, 2.24) is 0 Å². The van der Waals surface area contributed by atoms with Crippen molar-refractivity contribution in [3.05, 3.63) is 65.2 Å². The molecule has 4 nitrogen and oxygen atoms in total. The van der Waals surface area contributed by atoms with E-state index in [0.29, 0.717) is 0 Å². The van der Waals surface area contributed by atoms with Crippen molar-refractivity contribution in [2.24, 2.45) is 5.73 Å². The van der Waals surface area contributed by atoms with Gasteiger partial charge in [-0.15, -0.1) is 0 Å². The number of halogens is 2. The van der Waals surface area contributed by atoms with Gasteiger partial charge in [0.15, 0.2) is 11.6 Å². The summed E-state index contributed by atoms with van der Waals surface area (Å²) in [5, 5.41) is 9.73. The van der Waals surface area contributed by atoms with Gasteiger partial charge in [0.2, 0.25) is 5.91 Å². The van der Waals surface area contributed by atoms with Crippen molar-refractivity contribution in [2.75, 3.05) is 0 Å². The summed E-state index contributed by atoms with van der Waals surface area (Å²) < 4.78 is 33.3. The number of aliphatic hydroxyl groups excluding tert-OH is 1. The molecule has 0 aliphatic rings. The first-order valence-electron chi connectivity index (χ1n) is 6.60. The Morgan fingerprint density at radius 3 is 2.50 bits per heavy atom. The van der Waals surface area contributed by atoms with Crippen LogP contribution in [0.4, 0.5) is 8.78 Å². The molecule has 1 amide bonds. The van der Waals surface area contributed by atoms with Crippen LogP contribution >= 0.6 is 0 Å². The number of nitrogens with two attached hydrogens (primary N) is 1. The predicted octanol–water partition coefficient (Wildman–Crippen LogP) is 2.45. The number of carbonyl (C=O) groups excluding carboxylic acids is 1. The topological polar surface area (TPSA) is 72.6 Å². The number of benzene rings is 2. The number of amides is 1. The lowest BCUT2D eigenvalue weighted by atomic mass is 10.0. The average Bonchev–Trinajstić information content (AvgIpc) is 2.47. The predicted molar refractivity (Wildman–Crippen MR) is 75.9 cm³/mol. The van der Waals surface area contributed by atoms with Crippen LogP contribution in [0.5, 0.6) is 5.75 Å². The van der Waals surface area contributed by atoms with Crippen LogP contribution in [0, 0.1) is 11.6 Å². The molecule has 0 saturated carbocycles. The number of ether oxygens (including phenoxy) is 1. The number of primary amides is 1. The monoisotopic (exact) mass is 307 g/mol. The minimum Gasteiger partial charge on any atom is -0.486 e. The van der Waals surface area contributed by atoms with Crippen molar-refractivity contribution < 1.29 is 23.4 Å². The van der Waals surface area contributed by atoms with E-state index in [9.17, 15) is 18.7 Å². The van der Waals surface area contributed by atoms with Crippen LogP contribution in [0.25, 0.3) is 0 Å². The van der Waals surface area contributed by atoms with Crippen molar-refractivity contribution in [3.8, 4) is 5.75 Å². The fourth-order valence-electron chi connectivity index (χ4n) is 1.99. The highest BCUT2D eigenvalue weighted by Gasteiger charge is 2.23. The highest BCUT2D eigenvalue weighted by atomic mass is 19.1. The number of rotatable bonds is 6. The Morgan fingerprint density at radius 2 is 1.86 bits per heavy atom. The van der Waals surface area contributed by atoms with E-state index in [1.54, 1.807) is 12.1 Å². The van der Waals surface area contributed by atoms with Gasteiger partial charge in [-0.3, -0.25) is 4.79 Å². The SMILES string of the molecule is NC(=O)CC(O)c1c(F)ccc(OCc2ccccc2)c1F. The molecule has 1 unspecified atom stereocenters. The smallest absolute Gasteiger partial charge is 0.220 e. The van der Waals surface area contributed by atoms with Crippen LogP contribution in [-0.4, -0.2) is 11.0 Å². The molecule has 22 heavy (non-hydrogen) atoms. The summed E-state index contributed by atoms with van der Waals surface area (Å²) in [5.41, 5.74) is 5.12. The third-order valence-corrected chi connectivity index (χ3v) is 3.06. The van der Waals surface area contributed by atoms with Gasteiger partial charge in [-0.25, -0.2) is 8.78 Å². The molecular formula is C16H15F2NO3. The summed E-state index contributed by atoms with van der Waals surface area (Å²) in [5.74, 6) is -3.06. The van der Waals surface area contributed by atoms with E-state index < -0.39 is 35.6 Å². The number of aliphatic hydroxyl groups is 1. The van der Waals surface area contributed by atoms with Gasteiger partial charge in [-0.1, -0.05) is 30.3 Å². The Bertz CT molecular complexity index is 662. The highest BCUT2D eigenvalue weighted by Crippen LogP contribution is 2.30. The van der Waals surface area contributed by atoms with Crippen LogP contribution in [0.2, 0.25) is 0 Å². The molecule has 0 saturated heterocycles. The van der Waals surface area contributed by atoms with E-state index in [1.165, 1.54) is 0 Å². The Balaban J connectivity index is 2.21. The molecule has 116 valence electrons. The summed E-state index contributed by atoms with van der Waals surface area (Å²) in [7, 11) is 0. The standard InChI is InChI=1S/C16H15F2NO3/c17-11-6-7-13(22-9-10-4-2-1-3-5-10)16(18)15(11)12(20)8-14(19)21/h1-7,12,20H,8-9H2,(H2,19,21). The molecule has 0 aliphatic heterocycles. The van der Waals surface area contributed by atoms with Crippen LogP contribution in [0.3, 0.4) is 0 Å². The second-order valence-electron chi connectivity index (χ2n) is 4.73. The molecule has 3 N–H and O–H groups in total. The molecule has 0 radical (unpaired) electrons. The molecule has 1 atom stereocenters. The van der Waals surface area contributed by atoms with Crippen molar-refractivity contribution in [1.29, 1.82) is 0 Å². The first kappa shape index (κ1) is 15.9. The number of carbonyl (C=O) groups is 1. The first-order chi connectivity index (χ1) is 10.5. The molecule has 6 heteroatoms. The first-order valence-corrected chi connectivity index (χ1v) is 6.60. The zero-order valence-electron chi connectivity index (χ0n) is 11.6. The Morgan fingerprint density at radius 1 is 1.18 bits per heavy atom. The maximum atomic E-state index is 14.3. The molecule has 2 rings (SSSR count). The molecular weight excluding hydrogens is 292 g/mol. The Hall–Kier alpha value is -2.47. The molecule has 0 fully saturated rings. The van der Waals surface area contributed by atoms with Gasteiger partial charge in [0.05, 0.1) is 18.1 Å². The quantitative estimate of drug-likeness (QED) is 0.861. The Kier molecular flexibility index (Phi) is 5.06. The van der Waals surface area contributed by atoms with Gasteiger partial charge in [-0.05, 0) is 17.7 Å².